The van der Waals surface area contributed by atoms with E-state index in [0.717, 1.165) is 38.5 Å². The Bertz CT molecular complexity index is 594. The molecule has 0 fully saturated rings. The molecule has 0 saturated carbocycles. The second-order valence-corrected chi connectivity index (χ2v) is 13.3. The fraction of sp³-hybridized carbons (Fsp3) is 0.862. The molecule has 3 N–H and O–H groups in total. The Labute approximate surface area is 217 Å². The van der Waals surface area contributed by atoms with Crippen LogP contribution in [0.3, 0.4) is 0 Å². The summed E-state index contributed by atoms with van der Waals surface area (Å²) in [7, 11) is 0.949. The highest BCUT2D eigenvalue weighted by Gasteiger charge is 2.48. The zero-order chi connectivity index (χ0) is 26.5. The number of quaternary nitrogens is 1. The maximum absolute atomic E-state index is 11.8. The summed E-state index contributed by atoms with van der Waals surface area (Å²) >= 11 is 0. The molecule has 0 spiro atoms. The van der Waals surface area contributed by atoms with Gasteiger partial charge in [-0.25, -0.2) is 0 Å². The Morgan fingerprint density at radius 2 is 1.00 bits per heavy atom. The minimum atomic E-state index is -4.56. The molecule has 0 aliphatic carbocycles. The Kier molecular flexibility index (Phi) is 20.3. The fourth-order valence-electron chi connectivity index (χ4n) is 4.50. The molecule has 0 amide bonds. The number of likely N-dealkylation sites (N-methyl/N-ethyl adjacent to an activating group) is 1. The molecule has 0 aromatic carbocycles. The minimum absolute atomic E-state index is 0.0501. The van der Waals surface area contributed by atoms with Crippen molar-refractivity contribution < 1.29 is 23.9 Å². The highest BCUT2D eigenvalue weighted by Crippen LogP contribution is 2.52. The van der Waals surface area contributed by atoms with E-state index in [4.69, 9.17) is 0 Å². The summed E-state index contributed by atoms with van der Waals surface area (Å²) < 4.78 is 12.1. The second-order valence-electron chi connectivity index (χ2n) is 11.4. The number of unbranched alkanes of at least 4 members (excludes halogenated alkanes) is 15. The number of aliphatic hydroxyl groups is 1. The maximum atomic E-state index is 11.8. The van der Waals surface area contributed by atoms with Crippen molar-refractivity contribution in [1.82, 2.24) is 0 Å². The molecule has 0 aliphatic heterocycles. The third kappa shape index (κ3) is 21.4. The van der Waals surface area contributed by atoms with Gasteiger partial charge in [-0.1, -0.05) is 95.4 Å². The van der Waals surface area contributed by atoms with E-state index < -0.39 is 12.9 Å². The van der Waals surface area contributed by atoms with E-state index in [1.807, 2.05) is 21.1 Å². The van der Waals surface area contributed by atoms with Gasteiger partial charge in [0.15, 0.2) is 0 Å². The molecule has 0 rings (SSSR count). The first-order valence-corrected chi connectivity index (χ1v) is 16.0. The molecule has 0 aliphatic rings. The van der Waals surface area contributed by atoms with Gasteiger partial charge in [-0.2, -0.15) is 0 Å². The number of allylic oxidation sites excluding steroid dienone is 4. The van der Waals surface area contributed by atoms with Gasteiger partial charge in [-0.15, -0.1) is 0 Å². The molecule has 35 heavy (non-hydrogen) atoms. The Balaban J connectivity index is 3.61. The van der Waals surface area contributed by atoms with Crippen LogP contribution in [0.25, 0.3) is 0 Å². The average Bonchev–Trinajstić information content (AvgIpc) is 2.75. The molecular weight excluding hydrogens is 457 g/mol. The van der Waals surface area contributed by atoms with Crippen LogP contribution in [-0.4, -0.2) is 52.4 Å². The van der Waals surface area contributed by atoms with E-state index in [-0.39, 0.29) is 13.0 Å². The van der Waals surface area contributed by atoms with Crippen LogP contribution in [0.15, 0.2) is 24.3 Å². The lowest BCUT2D eigenvalue weighted by atomic mass is 10.1. The van der Waals surface area contributed by atoms with Crippen molar-refractivity contribution in [3.8, 4) is 0 Å². The molecule has 0 radical (unpaired) electrons. The van der Waals surface area contributed by atoms with Crippen LogP contribution in [0.2, 0.25) is 0 Å². The fourth-order valence-corrected chi connectivity index (χ4v) is 5.56. The summed E-state index contributed by atoms with van der Waals surface area (Å²) in [5.41, 5.74) is 0. The molecule has 0 aromatic heterocycles. The van der Waals surface area contributed by atoms with E-state index in [1.165, 1.54) is 70.6 Å². The van der Waals surface area contributed by atoms with Crippen molar-refractivity contribution in [2.24, 2.45) is 0 Å². The summed E-state index contributed by atoms with van der Waals surface area (Å²) in [6.07, 6.45) is 31.3. The largest absolute Gasteiger partial charge is 0.373 e. The smallest absolute Gasteiger partial charge is 0.362 e. The van der Waals surface area contributed by atoms with Crippen molar-refractivity contribution >= 4 is 7.60 Å². The van der Waals surface area contributed by atoms with E-state index >= 15 is 0 Å². The van der Waals surface area contributed by atoms with Crippen molar-refractivity contribution in [2.45, 2.75) is 134 Å². The maximum Gasteiger partial charge on any atom is 0.362 e. The summed E-state index contributed by atoms with van der Waals surface area (Å²) in [5.74, 6) is 0. The number of hydrogen-bond acceptors (Lipinski definition) is 2. The lowest BCUT2D eigenvalue weighted by Crippen LogP contribution is -2.49. The predicted octanol–water partition coefficient (Wildman–Crippen LogP) is 8.10. The molecule has 1 unspecified atom stereocenters. The van der Waals surface area contributed by atoms with Crippen LogP contribution >= 0.6 is 7.60 Å². The Hall–Kier alpha value is -0.450. The lowest BCUT2D eigenvalue weighted by Gasteiger charge is -2.35. The Morgan fingerprint density at radius 3 is 1.40 bits per heavy atom. The lowest BCUT2D eigenvalue weighted by molar-refractivity contribution is -0.875. The topological polar surface area (TPSA) is 77.8 Å². The van der Waals surface area contributed by atoms with Crippen LogP contribution < -0.4 is 0 Å². The van der Waals surface area contributed by atoms with Gasteiger partial charge in [0.25, 0.3) is 0 Å². The number of nitrogens with zero attached hydrogens (tertiary/aromatic N) is 1. The second kappa shape index (κ2) is 20.6. The number of hydrogen-bond donors (Lipinski definition) is 3. The summed E-state index contributed by atoms with van der Waals surface area (Å²) in [6.45, 7) is 2.32. The number of rotatable bonds is 24. The van der Waals surface area contributed by atoms with Gasteiger partial charge in [0.05, 0.1) is 21.1 Å². The Morgan fingerprint density at radius 1 is 0.629 bits per heavy atom. The van der Waals surface area contributed by atoms with Crippen LogP contribution in [0, 0.1) is 0 Å². The average molecular weight is 517 g/mol. The molecule has 6 heteroatoms. The zero-order valence-electron chi connectivity index (χ0n) is 23.6. The van der Waals surface area contributed by atoms with Crippen LogP contribution in [0.1, 0.15) is 129 Å². The van der Waals surface area contributed by atoms with Gasteiger partial charge < -0.3 is 19.4 Å². The van der Waals surface area contributed by atoms with Gasteiger partial charge >= 0.3 is 7.60 Å². The van der Waals surface area contributed by atoms with Crippen molar-refractivity contribution in [1.29, 1.82) is 0 Å². The summed E-state index contributed by atoms with van der Waals surface area (Å²) in [5, 5.41) is 8.63. The zero-order valence-corrected chi connectivity index (χ0v) is 24.5. The van der Waals surface area contributed by atoms with E-state index in [9.17, 15) is 19.5 Å². The quantitative estimate of drug-likeness (QED) is 0.0524. The van der Waals surface area contributed by atoms with Crippen LogP contribution in [-0.2, 0) is 4.57 Å². The monoisotopic (exact) mass is 516 g/mol. The molecule has 0 heterocycles. The highest BCUT2D eigenvalue weighted by atomic mass is 31.2. The first-order valence-electron chi connectivity index (χ1n) is 14.4. The normalized spacial score (nSPS) is 14.8. The molecular formula is C29H59NO4P+. The van der Waals surface area contributed by atoms with E-state index in [1.54, 1.807) is 0 Å². The van der Waals surface area contributed by atoms with Crippen molar-refractivity contribution in [2.75, 3.05) is 27.7 Å². The van der Waals surface area contributed by atoms with Gasteiger partial charge in [-0.05, 0) is 57.8 Å². The standard InChI is InChI=1S/C29H58NO4P/c1-5-6-7-8-9-10-11-12-13-14-15-16-17-18-19-20-21-22-23-24-25-26-27-29(31,35(32,33)34)28-30(2,3)4/h15-16,20-21,31H,5-14,17-19,22-28H2,1-4H3,(H-,32,33,34)/p+1/b16-15-,21-20-. The van der Waals surface area contributed by atoms with Crippen molar-refractivity contribution in [3.63, 3.8) is 0 Å². The van der Waals surface area contributed by atoms with Gasteiger partial charge in [0.1, 0.15) is 6.54 Å². The third-order valence-electron chi connectivity index (χ3n) is 6.52. The summed E-state index contributed by atoms with van der Waals surface area (Å²) in [6, 6.07) is 0. The molecule has 208 valence electrons. The minimum Gasteiger partial charge on any atom is -0.373 e. The SMILES string of the molecule is CCCCCCCCCCC/C=C\CCC/C=C\CCCCCCC(O)(C[N+](C)(C)C)P(=O)(O)O. The van der Waals surface area contributed by atoms with Crippen molar-refractivity contribution in [3.05, 3.63) is 24.3 Å². The van der Waals surface area contributed by atoms with Gasteiger partial charge in [0, 0.05) is 0 Å². The van der Waals surface area contributed by atoms with Gasteiger partial charge in [0.2, 0.25) is 5.34 Å². The highest BCUT2D eigenvalue weighted by molar-refractivity contribution is 7.53. The van der Waals surface area contributed by atoms with Crippen LogP contribution in [0.4, 0.5) is 0 Å². The molecule has 0 saturated heterocycles. The van der Waals surface area contributed by atoms with E-state index in [0.29, 0.717) is 10.9 Å². The third-order valence-corrected chi connectivity index (χ3v) is 7.97. The predicted molar refractivity (Wildman–Crippen MR) is 152 cm³/mol. The summed E-state index contributed by atoms with van der Waals surface area (Å²) in [4.78, 5) is 19.2. The molecule has 1 atom stereocenters. The van der Waals surface area contributed by atoms with Crippen LogP contribution in [0.5, 0.6) is 0 Å². The first-order chi connectivity index (χ1) is 16.5. The van der Waals surface area contributed by atoms with Gasteiger partial charge in [-0.3, -0.25) is 4.57 Å². The molecule has 0 bridgehead atoms. The molecule has 5 nitrogen and oxygen atoms in total. The molecule has 0 aromatic rings. The first kappa shape index (κ1) is 34.6. The van der Waals surface area contributed by atoms with E-state index in [2.05, 4.69) is 31.2 Å².